The van der Waals surface area contributed by atoms with Gasteiger partial charge in [0.2, 0.25) is 0 Å². The van der Waals surface area contributed by atoms with Crippen LogP contribution in [0.3, 0.4) is 0 Å². The van der Waals surface area contributed by atoms with Crippen molar-refractivity contribution >= 4 is 29.8 Å². The molecule has 0 spiro atoms. The fraction of sp³-hybridized carbons (Fsp3) is 0.706. The summed E-state index contributed by atoms with van der Waals surface area (Å²) in [5, 5.41) is 0. The Hall–Kier alpha value is -2.65. The van der Waals surface area contributed by atoms with E-state index in [0.29, 0.717) is 0 Å². The first kappa shape index (κ1) is 24.4. The molecule has 0 heterocycles. The molecule has 154 valence electrons. The molecule has 0 aromatic carbocycles. The minimum atomic E-state index is -1.10. The molecule has 10 nitrogen and oxygen atoms in total. The fourth-order valence-electron chi connectivity index (χ4n) is 2.17. The molecule has 0 aliphatic carbocycles. The van der Waals surface area contributed by atoms with Crippen molar-refractivity contribution in [3.05, 3.63) is 0 Å². The Labute approximate surface area is 157 Å². The quantitative estimate of drug-likeness (QED) is 0.366. The second-order valence-electron chi connectivity index (χ2n) is 5.69. The number of hydrogen-bond acceptors (Lipinski definition) is 10. The van der Waals surface area contributed by atoms with Gasteiger partial charge in [0, 0.05) is 47.5 Å². The van der Waals surface area contributed by atoms with Crippen LogP contribution in [-0.4, -0.2) is 61.4 Å². The summed E-state index contributed by atoms with van der Waals surface area (Å²) in [4.78, 5) is 56.1. The Morgan fingerprint density at radius 1 is 0.630 bits per heavy atom. The summed E-state index contributed by atoms with van der Waals surface area (Å²) in [6, 6.07) is 0. The molecule has 0 aromatic rings. The summed E-state index contributed by atoms with van der Waals surface area (Å²) in [5.74, 6) is -3.04. The van der Waals surface area contributed by atoms with Gasteiger partial charge in [0.25, 0.3) is 0 Å². The zero-order chi connectivity index (χ0) is 21.0. The highest BCUT2D eigenvalue weighted by atomic mass is 16.6. The van der Waals surface area contributed by atoms with Gasteiger partial charge in [0.15, 0.2) is 6.10 Å². The van der Waals surface area contributed by atoms with Crippen LogP contribution in [0.5, 0.6) is 0 Å². The molecule has 0 radical (unpaired) electrons. The molecule has 0 aliphatic heterocycles. The molecule has 0 aliphatic rings. The van der Waals surface area contributed by atoms with Crippen molar-refractivity contribution in [3.63, 3.8) is 0 Å². The SMILES string of the molecule is CC(=O)OCC[C@@H](C[C@@H](OC(C)=O)[C@H](COC(C)=O)OC(C)=O)OC(C)=O. The van der Waals surface area contributed by atoms with Gasteiger partial charge in [-0.15, -0.1) is 0 Å². The van der Waals surface area contributed by atoms with E-state index in [0.717, 1.165) is 13.8 Å². The summed E-state index contributed by atoms with van der Waals surface area (Å²) in [7, 11) is 0. The second kappa shape index (κ2) is 12.7. The maximum atomic E-state index is 11.4. The third kappa shape index (κ3) is 13.2. The maximum absolute atomic E-state index is 11.4. The Morgan fingerprint density at radius 3 is 1.56 bits per heavy atom. The molecule has 0 aromatic heterocycles. The van der Waals surface area contributed by atoms with Crippen LogP contribution in [0, 0.1) is 0 Å². The zero-order valence-electron chi connectivity index (χ0n) is 16.1. The molecular formula is C17H26O10. The number of rotatable bonds is 11. The van der Waals surface area contributed by atoms with Gasteiger partial charge in [-0.25, -0.2) is 0 Å². The van der Waals surface area contributed by atoms with Crippen molar-refractivity contribution in [1.29, 1.82) is 0 Å². The third-order valence-electron chi connectivity index (χ3n) is 3.07. The van der Waals surface area contributed by atoms with Crippen LogP contribution >= 0.6 is 0 Å². The van der Waals surface area contributed by atoms with E-state index < -0.39 is 48.2 Å². The Kier molecular flexibility index (Phi) is 11.4. The van der Waals surface area contributed by atoms with Gasteiger partial charge in [0.1, 0.15) is 18.8 Å². The van der Waals surface area contributed by atoms with E-state index in [1.165, 1.54) is 20.8 Å². The highest BCUT2D eigenvalue weighted by Crippen LogP contribution is 2.17. The highest BCUT2D eigenvalue weighted by Gasteiger charge is 2.32. The van der Waals surface area contributed by atoms with Crippen LogP contribution in [-0.2, 0) is 47.7 Å². The first-order valence-electron chi connectivity index (χ1n) is 8.29. The number of carbonyl (C=O) groups is 5. The molecule has 0 fully saturated rings. The normalized spacial score (nSPS) is 13.5. The van der Waals surface area contributed by atoms with Crippen LogP contribution in [0.1, 0.15) is 47.5 Å². The maximum Gasteiger partial charge on any atom is 0.303 e. The van der Waals surface area contributed by atoms with E-state index in [1.54, 1.807) is 0 Å². The first-order valence-corrected chi connectivity index (χ1v) is 8.29. The zero-order valence-corrected chi connectivity index (χ0v) is 16.1. The molecule has 3 atom stereocenters. The molecule has 0 unspecified atom stereocenters. The van der Waals surface area contributed by atoms with Crippen molar-refractivity contribution < 1.29 is 47.7 Å². The van der Waals surface area contributed by atoms with Crippen molar-refractivity contribution in [2.75, 3.05) is 13.2 Å². The number of hydrogen-bond donors (Lipinski definition) is 0. The molecule has 27 heavy (non-hydrogen) atoms. The minimum absolute atomic E-state index is 0.0255. The van der Waals surface area contributed by atoms with Gasteiger partial charge in [-0.1, -0.05) is 0 Å². The van der Waals surface area contributed by atoms with Crippen molar-refractivity contribution in [3.8, 4) is 0 Å². The summed E-state index contributed by atoms with van der Waals surface area (Å²) >= 11 is 0. The molecule has 0 bridgehead atoms. The average Bonchev–Trinajstić information content (AvgIpc) is 2.48. The van der Waals surface area contributed by atoms with E-state index in [4.69, 9.17) is 23.7 Å². The number of ether oxygens (including phenoxy) is 5. The average molecular weight is 390 g/mol. The molecular weight excluding hydrogens is 364 g/mol. The Balaban J connectivity index is 5.29. The van der Waals surface area contributed by atoms with E-state index in [9.17, 15) is 24.0 Å². The molecule has 0 amide bonds. The van der Waals surface area contributed by atoms with Gasteiger partial charge in [-0.3, -0.25) is 24.0 Å². The van der Waals surface area contributed by atoms with Gasteiger partial charge >= 0.3 is 29.8 Å². The summed E-state index contributed by atoms with van der Waals surface area (Å²) in [6.07, 6.45) is -2.85. The monoisotopic (exact) mass is 390 g/mol. The predicted octanol–water partition coefficient (Wildman–Crippen LogP) is 0.688. The third-order valence-corrected chi connectivity index (χ3v) is 3.07. The van der Waals surface area contributed by atoms with Gasteiger partial charge in [-0.2, -0.15) is 0 Å². The van der Waals surface area contributed by atoms with E-state index >= 15 is 0 Å². The van der Waals surface area contributed by atoms with Gasteiger partial charge < -0.3 is 23.7 Å². The van der Waals surface area contributed by atoms with Crippen molar-refractivity contribution in [1.82, 2.24) is 0 Å². The molecule has 0 saturated carbocycles. The van der Waals surface area contributed by atoms with Crippen LogP contribution in [0.2, 0.25) is 0 Å². The summed E-state index contributed by atoms with van der Waals surface area (Å²) < 4.78 is 25.1. The molecule has 0 rings (SSSR count). The van der Waals surface area contributed by atoms with Crippen LogP contribution in [0.15, 0.2) is 0 Å². The van der Waals surface area contributed by atoms with E-state index in [2.05, 4.69) is 0 Å². The molecule has 0 N–H and O–H groups in total. The van der Waals surface area contributed by atoms with Crippen LogP contribution in [0.25, 0.3) is 0 Å². The molecule has 10 heteroatoms. The molecule has 0 saturated heterocycles. The first-order chi connectivity index (χ1) is 12.5. The van der Waals surface area contributed by atoms with Gasteiger partial charge in [0.05, 0.1) is 6.61 Å². The highest BCUT2D eigenvalue weighted by molar-refractivity contribution is 5.68. The summed E-state index contributed by atoms with van der Waals surface area (Å²) in [6.45, 7) is 5.54. The predicted molar refractivity (Wildman–Crippen MR) is 89.2 cm³/mol. The second-order valence-corrected chi connectivity index (χ2v) is 5.69. The smallest absolute Gasteiger partial charge is 0.303 e. The van der Waals surface area contributed by atoms with Gasteiger partial charge in [-0.05, 0) is 0 Å². The lowest BCUT2D eigenvalue weighted by molar-refractivity contribution is -0.177. The standard InChI is InChI=1S/C17H26O10/c1-10(18)23-7-6-15(25-12(3)20)8-16(26-13(4)21)17(27-14(5)22)9-24-11(2)19/h15-17H,6-9H2,1-5H3/t15-,16+,17-/m0/s1. The van der Waals surface area contributed by atoms with E-state index in [-0.39, 0.29) is 26.1 Å². The minimum Gasteiger partial charge on any atom is -0.466 e. The topological polar surface area (TPSA) is 132 Å². The lowest BCUT2D eigenvalue weighted by Gasteiger charge is -2.28. The summed E-state index contributed by atoms with van der Waals surface area (Å²) in [5.41, 5.74) is 0. The lowest BCUT2D eigenvalue weighted by Crippen LogP contribution is -2.41. The van der Waals surface area contributed by atoms with Crippen LogP contribution in [0.4, 0.5) is 0 Å². The number of carbonyl (C=O) groups excluding carboxylic acids is 5. The lowest BCUT2D eigenvalue weighted by atomic mass is 10.0. The van der Waals surface area contributed by atoms with E-state index in [1.807, 2.05) is 0 Å². The van der Waals surface area contributed by atoms with Crippen LogP contribution < -0.4 is 0 Å². The number of esters is 5. The van der Waals surface area contributed by atoms with Crippen molar-refractivity contribution in [2.45, 2.75) is 65.8 Å². The van der Waals surface area contributed by atoms with Crippen molar-refractivity contribution in [2.24, 2.45) is 0 Å². The fourth-order valence-corrected chi connectivity index (χ4v) is 2.17. The largest absolute Gasteiger partial charge is 0.466 e. The Bertz CT molecular complexity index is 542. The Morgan fingerprint density at radius 2 is 1.11 bits per heavy atom.